The second kappa shape index (κ2) is 9.34. The molecular weight excluding hydrogens is 364 g/mol. The van der Waals surface area contributed by atoms with Crippen molar-refractivity contribution in [3.8, 4) is 11.8 Å². The average molecular weight is 384 g/mol. The molecule has 0 unspecified atom stereocenters. The fourth-order valence-corrected chi connectivity index (χ4v) is 2.87. The highest BCUT2D eigenvalue weighted by Gasteiger charge is 2.15. The summed E-state index contributed by atoms with van der Waals surface area (Å²) in [5.41, 5.74) is 2.56. The summed E-state index contributed by atoms with van der Waals surface area (Å²) in [6, 6.07) is 23.5. The largest absolute Gasteiger partial charge is 0.493 e. The van der Waals surface area contributed by atoms with Crippen molar-refractivity contribution in [2.24, 2.45) is 0 Å². The number of nitrogens with one attached hydrogen (secondary N) is 1. The van der Waals surface area contributed by atoms with Crippen LogP contribution in [0.1, 0.15) is 38.8 Å². The zero-order chi connectivity index (χ0) is 20.6. The van der Waals surface area contributed by atoms with Gasteiger partial charge in [-0.2, -0.15) is 5.26 Å². The maximum absolute atomic E-state index is 12.6. The topological polar surface area (TPSA) is 79.2 Å². The Kier molecular flexibility index (Phi) is 6.39. The molecule has 0 aliphatic heterocycles. The predicted molar refractivity (Wildman–Crippen MR) is 111 cm³/mol. The maximum atomic E-state index is 12.6. The lowest BCUT2D eigenvalue weighted by Crippen LogP contribution is -2.16. The lowest BCUT2D eigenvalue weighted by atomic mass is 10.0. The number of rotatable bonds is 7. The van der Waals surface area contributed by atoms with Crippen LogP contribution in [0.4, 0.5) is 5.69 Å². The van der Waals surface area contributed by atoms with Crippen molar-refractivity contribution in [3.63, 3.8) is 0 Å². The zero-order valence-corrected chi connectivity index (χ0v) is 16.0. The van der Waals surface area contributed by atoms with Gasteiger partial charge in [0.15, 0.2) is 5.78 Å². The molecule has 0 heterocycles. The summed E-state index contributed by atoms with van der Waals surface area (Å²) in [6.45, 7) is 1.94. The molecular formula is C24H20N2O3. The number of amides is 1. The molecule has 0 bridgehead atoms. The van der Waals surface area contributed by atoms with Gasteiger partial charge in [0.25, 0.3) is 5.91 Å². The van der Waals surface area contributed by atoms with Gasteiger partial charge < -0.3 is 10.1 Å². The standard InChI is InChI=1S/C24H20N2O3/c1-17(27)22-12-7-19(16-25)15-23(22)24(28)26-20-8-10-21(11-9-20)29-14-13-18-5-3-2-4-6-18/h2-12,15H,13-14H2,1H3,(H,26,28). The third-order valence-corrected chi connectivity index (χ3v) is 4.39. The molecule has 3 aromatic carbocycles. The van der Waals surface area contributed by atoms with E-state index in [0.29, 0.717) is 23.6 Å². The van der Waals surface area contributed by atoms with Gasteiger partial charge in [0.2, 0.25) is 0 Å². The Morgan fingerprint density at radius 3 is 2.34 bits per heavy atom. The molecule has 0 fully saturated rings. The molecule has 0 saturated heterocycles. The number of carbonyl (C=O) groups excluding carboxylic acids is 2. The maximum Gasteiger partial charge on any atom is 0.256 e. The Labute approximate surface area is 169 Å². The minimum atomic E-state index is -0.440. The van der Waals surface area contributed by atoms with E-state index in [1.807, 2.05) is 24.3 Å². The molecule has 144 valence electrons. The molecule has 29 heavy (non-hydrogen) atoms. The summed E-state index contributed by atoms with van der Waals surface area (Å²) >= 11 is 0. The van der Waals surface area contributed by atoms with E-state index in [2.05, 4.69) is 17.4 Å². The quantitative estimate of drug-likeness (QED) is 0.602. The number of hydrogen-bond acceptors (Lipinski definition) is 4. The molecule has 5 heteroatoms. The Hall–Kier alpha value is -3.91. The number of ether oxygens (including phenoxy) is 1. The highest BCUT2D eigenvalue weighted by molar-refractivity contribution is 6.12. The van der Waals surface area contributed by atoms with Crippen molar-refractivity contribution >= 4 is 17.4 Å². The SMILES string of the molecule is CC(=O)c1ccc(C#N)cc1C(=O)Nc1ccc(OCCc2ccccc2)cc1. The van der Waals surface area contributed by atoms with Crippen molar-refractivity contribution in [2.75, 3.05) is 11.9 Å². The monoisotopic (exact) mass is 384 g/mol. The summed E-state index contributed by atoms with van der Waals surface area (Å²) in [5.74, 6) is 0.0293. The summed E-state index contributed by atoms with van der Waals surface area (Å²) in [7, 11) is 0. The number of Topliss-reactive ketones (excluding diaryl/α,β-unsaturated/α-hetero) is 1. The first kappa shape index (κ1) is 19.8. The first-order valence-corrected chi connectivity index (χ1v) is 9.20. The van der Waals surface area contributed by atoms with Crippen LogP contribution in [-0.2, 0) is 6.42 Å². The molecule has 3 aromatic rings. The van der Waals surface area contributed by atoms with Crippen LogP contribution in [-0.4, -0.2) is 18.3 Å². The number of carbonyl (C=O) groups is 2. The number of hydrogen-bond donors (Lipinski definition) is 1. The third kappa shape index (κ3) is 5.30. The molecule has 1 amide bonds. The molecule has 3 rings (SSSR count). The first-order chi connectivity index (χ1) is 14.1. The highest BCUT2D eigenvalue weighted by atomic mass is 16.5. The van der Waals surface area contributed by atoms with Crippen LogP contribution in [0.2, 0.25) is 0 Å². The van der Waals surface area contributed by atoms with Crippen LogP contribution in [0.3, 0.4) is 0 Å². The van der Waals surface area contributed by atoms with Gasteiger partial charge in [0.05, 0.1) is 23.8 Å². The Balaban J connectivity index is 1.63. The van der Waals surface area contributed by atoms with E-state index in [9.17, 15) is 9.59 Å². The van der Waals surface area contributed by atoms with Gasteiger partial charge in [-0.25, -0.2) is 0 Å². The molecule has 0 aliphatic carbocycles. The van der Waals surface area contributed by atoms with Gasteiger partial charge in [0.1, 0.15) is 5.75 Å². The molecule has 0 aromatic heterocycles. The summed E-state index contributed by atoms with van der Waals surface area (Å²) < 4.78 is 5.74. The van der Waals surface area contributed by atoms with E-state index >= 15 is 0 Å². The van der Waals surface area contributed by atoms with Gasteiger partial charge >= 0.3 is 0 Å². The highest BCUT2D eigenvalue weighted by Crippen LogP contribution is 2.19. The van der Waals surface area contributed by atoms with Crippen LogP contribution in [0.25, 0.3) is 0 Å². The number of nitriles is 1. The van der Waals surface area contributed by atoms with E-state index in [1.54, 1.807) is 24.3 Å². The smallest absolute Gasteiger partial charge is 0.256 e. The van der Waals surface area contributed by atoms with E-state index < -0.39 is 5.91 Å². The fourth-order valence-electron chi connectivity index (χ4n) is 2.87. The van der Waals surface area contributed by atoms with Crippen molar-refractivity contribution in [3.05, 3.63) is 95.1 Å². The predicted octanol–water partition coefficient (Wildman–Crippen LogP) is 4.63. The van der Waals surface area contributed by atoms with Gasteiger partial charge in [-0.3, -0.25) is 9.59 Å². The average Bonchev–Trinajstić information content (AvgIpc) is 2.75. The fraction of sp³-hybridized carbons (Fsp3) is 0.125. The Morgan fingerprint density at radius 1 is 0.966 bits per heavy atom. The Morgan fingerprint density at radius 2 is 1.69 bits per heavy atom. The number of nitrogens with zero attached hydrogens (tertiary/aromatic N) is 1. The zero-order valence-electron chi connectivity index (χ0n) is 16.0. The third-order valence-electron chi connectivity index (χ3n) is 4.39. The Bertz CT molecular complexity index is 1050. The van der Waals surface area contributed by atoms with Crippen molar-refractivity contribution in [2.45, 2.75) is 13.3 Å². The van der Waals surface area contributed by atoms with Crippen molar-refractivity contribution in [1.29, 1.82) is 5.26 Å². The molecule has 0 spiro atoms. The molecule has 0 radical (unpaired) electrons. The summed E-state index contributed by atoms with van der Waals surface area (Å²) in [5, 5.41) is 11.8. The van der Waals surface area contributed by atoms with Crippen LogP contribution in [0, 0.1) is 11.3 Å². The van der Waals surface area contributed by atoms with Crippen LogP contribution < -0.4 is 10.1 Å². The lowest BCUT2D eigenvalue weighted by molar-refractivity contribution is 0.0985. The van der Waals surface area contributed by atoms with E-state index in [4.69, 9.17) is 10.00 Å². The van der Waals surface area contributed by atoms with Crippen molar-refractivity contribution in [1.82, 2.24) is 0 Å². The summed E-state index contributed by atoms with van der Waals surface area (Å²) in [4.78, 5) is 24.4. The van der Waals surface area contributed by atoms with E-state index in [0.717, 1.165) is 6.42 Å². The second-order valence-electron chi connectivity index (χ2n) is 6.49. The molecule has 0 atom stereocenters. The van der Waals surface area contributed by atoms with Crippen LogP contribution >= 0.6 is 0 Å². The van der Waals surface area contributed by atoms with Gasteiger partial charge in [-0.15, -0.1) is 0 Å². The first-order valence-electron chi connectivity index (χ1n) is 9.20. The van der Waals surface area contributed by atoms with Gasteiger partial charge in [-0.1, -0.05) is 30.3 Å². The molecule has 0 aliphatic rings. The minimum Gasteiger partial charge on any atom is -0.493 e. The lowest BCUT2D eigenvalue weighted by Gasteiger charge is -2.10. The summed E-state index contributed by atoms with van der Waals surface area (Å²) in [6.07, 6.45) is 0.808. The molecule has 0 saturated carbocycles. The molecule has 5 nitrogen and oxygen atoms in total. The van der Waals surface area contributed by atoms with Crippen molar-refractivity contribution < 1.29 is 14.3 Å². The molecule has 1 N–H and O–H groups in total. The van der Waals surface area contributed by atoms with Gasteiger partial charge in [0, 0.05) is 17.7 Å². The second-order valence-corrected chi connectivity index (χ2v) is 6.49. The normalized spacial score (nSPS) is 10.1. The number of benzene rings is 3. The van der Waals surface area contributed by atoms with Gasteiger partial charge in [-0.05, 0) is 55.0 Å². The van der Waals surface area contributed by atoms with E-state index in [1.165, 1.54) is 30.7 Å². The number of anilines is 1. The van der Waals surface area contributed by atoms with E-state index in [-0.39, 0.29) is 16.9 Å². The minimum absolute atomic E-state index is 0.180. The number of ketones is 1. The van der Waals surface area contributed by atoms with Crippen LogP contribution in [0.15, 0.2) is 72.8 Å². The van der Waals surface area contributed by atoms with Crippen LogP contribution in [0.5, 0.6) is 5.75 Å².